The molecule has 1 aromatic heterocycles. The molecule has 18 heavy (non-hydrogen) atoms. The summed E-state index contributed by atoms with van der Waals surface area (Å²) in [6.07, 6.45) is 3.18. The average molecular weight is 269 g/mol. The van der Waals surface area contributed by atoms with E-state index in [0.717, 1.165) is 23.9 Å². The van der Waals surface area contributed by atoms with Gasteiger partial charge in [0.25, 0.3) is 0 Å². The molecular weight excluding hydrogens is 246 g/mol. The van der Waals surface area contributed by atoms with Crippen LogP contribution in [0.4, 0.5) is 5.82 Å². The summed E-state index contributed by atoms with van der Waals surface area (Å²) in [5, 5.41) is 4.01. The summed E-state index contributed by atoms with van der Waals surface area (Å²) in [6.45, 7) is 9.37. The van der Waals surface area contributed by atoms with E-state index in [1.807, 2.05) is 12.3 Å². The van der Waals surface area contributed by atoms with Gasteiger partial charge in [0.05, 0.1) is 6.10 Å². The molecule has 0 saturated heterocycles. The summed E-state index contributed by atoms with van der Waals surface area (Å²) in [5.74, 6) is 1.95. The topological polar surface area (TPSA) is 47.0 Å². The third-order valence-electron chi connectivity index (χ3n) is 2.67. The van der Waals surface area contributed by atoms with E-state index in [1.165, 1.54) is 11.8 Å². The van der Waals surface area contributed by atoms with Gasteiger partial charge in [-0.1, -0.05) is 32.5 Å². The van der Waals surface area contributed by atoms with Gasteiger partial charge in [-0.25, -0.2) is 4.98 Å². The van der Waals surface area contributed by atoms with Crippen LogP contribution < -0.4 is 10.1 Å². The number of hydrogen-bond donors (Lipinski definition) is 1. The molecule has 102 valence electrons. The first-order valence-electron chi connectivity index (χ1n) is 6.40. The maximum atomic E-state index is 5.83. The maximum absolute atomic E-state index is 5.83. The highest BCUT2D eigenvalue weighted by atomic mass is 32.2. The highest BCUT2D eigenvalue weighted by Crippen LogP contribution is 2.21. The largest absolute Gasteiger partial charge is 0.474 e. The zero-order chi connectivity index (χ0) is 13.5. The fourth-order valence-electron chi connectivity index (χ4n) is 1.23. The van der Waals surface area contributed by atoms with E-state index in [-0.39, 0.29) is 6.10 Å². The Morgan fingerprint density at radius 2 is 2.06 bits per heavy atom. The summed E-state index contributed by atoms with van der Waals surface area (Å²) in [6, 6.07) is 1.87. The summed E-state index contributed by atoms with van der Waals surface area (Å²) >= 11 is 1.52. The van der Waals surface area contributed by atoms with E-state index in [1.54, 1.807) is 0 Å². The lowest BCUT2D eigenvalue weighted by Gasteiger charge is -2.18. The van der Waals surface area contributed by atoms with E-state index in [0.29, 0.717) is 11.8 Å². The molecule has 5 heteroatoms. The van der Waals surface area contributed by atoms with Crippen LogP contribution in [0.25, 0.3) is 0 Å². The van der Waals surface area contributed by atoms with Crippen LogP contribution in [-0.2, 0) is 0 Å². The van der Waals surface area contributed by atoms with Crippen LogP contribution in [-0.4, -0.2) is 28.9 Å². The third-order valence-corrected chi connectivity index (χ3v) is 3.21. The monoisotopic (exact) mass is 269 g/mol. The van der Waals surface area contributed by atoms with Crippen LogP contribution in [0.1, 0.15) is 34.1 Å². The molecule has 1 heterocycles. The molecule has 0 saturated carbocycles. The lowest BCUT2D eigenvalue weighted by molar-refractivity contribution is 0.162. The van der Waals surface area contributed by atoms with Crippen LogP contribution >= 0.6 is 11.8 Å². The molecule has 1 N–H and O–H groups in total. The second kappa shape index (κ2) is 7.46. The highest BCUT2D eigenvalue weighted by Gasteiger charge is 2.11. The second-order valence-corrected chi connectivity index (χ2v) is 5.35. The first kappa shape index (κ1) is 15.1. The number of nitrogens with zero attached hydrogens (tertiary/aromatic N) is 2. The molecule has 0 bridgehead atoms. The fourth-order valence-corrected chi connectivity index (χ4v) is 1.60. The van der Waals surface area contributed by atoms with Crippen molar-refractivity contribution in [3.05, 3.63) is 6.07 Å². The van der Waals surface area contributed by atoms with E-state index in [2.05, 4.69) is 43.0 Å². The molecule has 0 aliphatic heterocycles. The first-order chi connectivity index (χ1) is 8.56. The predicted octanol–water partition coefficient (Wildman–Crippen LogP) is 3.44. The van der Waals surface area contributed by atoms with E-state index >= 15 is 0 Å². The number of nitrogens with one attached hydrogen (secondary N) is 1. The molecule has 0 aliphatic carbocycles. The molecular formula is C13H23N3OS. The van der Waals surface area contributed by atoms with Gasteiger partial charge in [0.1, 0.15) is 5.82 Å². The molecule has 0 aliphatic rings. The smallest absolute Gasteiger partial charge is 0.219 e. The van der Waals surface area contributed by atoms with Gasteiger partial charge in [0.15, 0.2) is 5.16 Å². The van der Waals surface area contributed by atoms with Crippen LogP contribution in [0.2, 0.25) is 0 Å². The molecule has 0 spiro atoms. The average Bonchev–Trinajstić information content (AvgIpc) is 2.35. The van der Waals surface area contributed by atoms with Crippen molar-refractivity contribution < 1.29 is 4.74 Å². The number of anilines is 1. The number of rotatable bonds is 7. The maximum Gasteiger partial charge on any atom is 0.219 e. The summed E-state index contributed by atoms with van der Waals surface area (Å²) in [5.41, 5.74) is 0. The van der Waals surface area contributed by atoms with E-state index < -0.39 is 0 Å². The zero-order valence-electron chi connectivity index (χ0n) is 11.9. The zero-order valence-corrected chi connectivity index (χ0v) is 12.7. The number of thioether (sulfide) groups is 1. The van der Waals surface area contributed by atoms with Crippen molar-refractivity contribution in [1.82, 2.24) is 9.97 Å². The van der Waals surface area contributed by atoms with Crippen LogP contribution in [0.5, 0.6) is 5.88 Å². The third kappa shape index (κ3) is 4.72. The van der Waals surface area contributed by atoms with Crippen LogP contribution in [0.3, 0.4) is 0 Å². The fraction of sp³-hybridized carbons (Fsp3) is 0.692. The van der Waals surface area contributed by atoms with Gasteiger partial charge in [-0.3, -0.25) is 0 Å². The van der Waals surface area contributed by atoms with Crippen molar-refractivity contribution >= 4 is 17.6 Å². The van der Waals surface area contributed by atoms with Crippen molar-refractivity contribution in [2.75, 3.05) is 18.1 Å². The Morgan fingerprint density at radius 3 is 2.61 bits per heavy atom. The predicted molar refractivity (Wildman–Crippen MR) is 77.5 cm³/mol. The Kier molecular flexibility index (Phi) is 6.25. The quantitative estimate of drug-likeness (QED) is 0.607. The lowest BCUT2D eigenvalue weighted by atomic mass is 10.1. The molecule has 1 unspecified atom stereocenters. The number of hydrogen-bond acceptors (Lipinski definition) is 5. The molecule has 0 amide bonds. The standard InChI is InChI=1S/C13H23N3OS/c1-6-7-14-11-8-12(16-13(15-11)18-5)17-10(4)9(2)3/h8-10H,6-7H2,1-5H3,(H,14,15,16). The number of ether oxygens (including phenoxy) is 1. The van der Waals surface area contributed by atoms with Crippen LogP contribution in [0.15, 0.2) is 11.2 Å². The summed E-state index contributed by atoms with van der Waals surface area (Å²) < 4.78 is 5.83. The van der Waals surface area contributed by atoms with Crippen molar-refractivity contribution in [3.8, 4) is 5.88 Å². The Morgan fingerprint density at radius 1 is 1.33 bits per heavy atom. The Hall–Kier alpha value is -0.970. The molecule has 4 nitrogen and oxygen atoms in total. The minimum atomic E-state index is 0.147. The summed E-state index contributed by atoms with van der Waals surface area (Å²) in [4.78, 5) is 8.77. The van der Waals surface area contributed by atoms with Gasteiger partial charge in [-0.15, -0.1) is 0 Å². The SMILES string of the molecule is CCCNc1cc(OC(C)C(C)C)nc(SC)n1. The Balaban J connectivity index is 2.82. The van der Waals surface area contributed by atoms with Gasteiger partial charge in [0.2, 0.25) is 5.88 Å². The first-order valence-corrected chi connectivity index (χ1v) is 7.62. The van der Waals surface area contributed by atoms with E-state index in [4.69, 9.17) is 4.74 Å². The normalized spacial score (nSPS) is 12.6. The molecule has 1 atom stereocenters. The minimum Gasteiger partial charge on any atom is -0.474 e. The Labute approximate surface area is 114 Å². The minimum absolute atomic E-state index is 0.147. The second-order valence-electron chi connectivity index (χ2n) is 4.57. The van der Waals surface area contributed by atoms with Gasteiger partial charge in [-0.05, 0) is 25.5 Å². The summed E-state index contributed by atoms with van der Waals surface area (Å²) in [7, 11) is 0. The molecule has 1 rings (SSSR count). The molecule has 1 aromatic rings. The van der Waals surface area contributed by atoms with E-state index in [9.17, 15) is 0 Å². The molecule has 0 aromatic carbocycles. The molecule has 0 radical (unpaired) electrons. The lowest BCUT2D eigenvalue weighted by Crippen LogP contribution is -2.19. The van der Waals surface area contributed by atoms with Gasteiger partial charge < -0.3 is 10.1 Å². The molecule has 0 fully saturated rings. The van der Waals surface area contributed by atoms with Gasteiger partial charge in [0, 0.05) is 12.6 Å². The van der Waals surface area contributed by atoms with Gasteiger partial charge >= 0.3 is 0 Å². The Bertz CT molecular complexity index is 371. The van der Waals surface area contributed by atoms with Crippen molar-refractivity contribution in [2.45, 2.75) is 45.4 Å². The van der Waals surface area contributed by atoms with Crippen molar-refractivity contribution in [2.24, 2.45) is 5.92 Å². The van der Waals surface area contributed by atoms with Gasteiger partial charge in [-0.2, -0.15) is 4.98 Å². The number of aromatic nitrogens is 2. The van der Waals surface area contributed by atoms with Crippen molar-refractivity contribution in [3.63, 3.8) is 0 Å². The highest BCUT2D eigenvalue weighted by molar-refractivity contribution is 7.98. The van der Waals surface area contributed by atoms with Crippen LogP contribution in [0, 0.1) is 5.92 Å². The van der Waals surface area contributed by atoms with Crippen molar-refractivity contribution in [1.29, 1.82) is 0 Å².